The quantitative estimate of drug-likeness (QED) is 0.358. The van der Waals surface area contributed by atoms with Gasteiger partial charge < -0.3 is 9.84 Å². The number of benzene rings is 3. The first-order chi connectivity index (χ1) is 14.8. The number of halogens is 5. The summed E-state index contributed by atoms with van der Waals surface area (Å²) < 4.78 is 62.5. The summed E-state index contributed by atoms with van der Waals surface area (Å²) in [6.45, 7) is 0. The molecule has 0 atom stereocenters. The number of aromatic nitrogens is 2. The Bertz CT molecular complexity index is 1320. The van der Waals surface area contributed by atoms with Crippen molar-refractivity contribution in [1.29, 1.82) is 0 Å². The summed E-state index contributed by atoms with van der Waals surface area (Å²) in [5, 5.41) is 13.0. The predicted octanol–water partition coefficient (Wildman–Crippen LogP) is 6.39. The lowest BCUT2D eigenvalue weighted by molar-refractivity contribution is 0.0696. The van der Waals surface area contributed by atoms with Gasteiger partial charge >= 0.3 is 5.97 Å². The summed E-state index contributed by atoms with van der Waals surface area (Å²) in [5.41, 5.74) is -1.26. The van der Waals surface area contributed by atoms with Crippen LogP contribution in [0.1, 0.15) is 22.3 Å². The van der Waals surface area contributed by atoms with Gasteiger partial charge in [0.05, 0.1) is 21.5 Å². The Morgan fingerprint density at radius 2 is 1.81 bits per heavy atom. The molecule has 0 saturated heterocycles. The second-order valence-electron chi connectivity index (χ2n) is 6.39. The van der Waals surface area contributed by atoms with Gasteiger partial charge in [0.15, 0.2) is 5.75 Å². The van der Waals surface area contributed by atoms with Crippen LogP contribution < -0.4 is 4.74 Å². The number of carbonyl (C=O) groups is 1. The lowest BCUT2D eigenvalue weighted by atomic mass is 10.2. The van der Waals surface area contributed by atoms with Crippen LogP contribution in [0.2, 0.25) is 5.02 Å². The van der Waals surface area contributed by atoms with Gasteiger partial charge in [0, 0.05) is 0 Å². The molecule has 1 aromatic heterocycles. The molecule has 1 heterocycles. The van der Waals surface area contributed by atoms with E-state index in [9.17, 15) is 22.4 Å². The Morgan fingerprint density at radius 3 is 2.48 bits per heavy atom. The normalized spacial score (nSPS) is 11.3. The number of ether oxygens (including phenoxy) is 1. The maximum Gasteiger partial charge on any atom is 0.335 e. The molecule has 0 aliphatic rings. The number of rotatable bonds is 5. The van der Waals surface area contributed by atoms with Gasteiger partial charge in [-0.3, -0.25) is 0 Å². The molecule has 0 bridgehead atoms. The van der Waals surface area contributed by atoms with E-state index in [1.54, 1.807) is 0 Å². The minimum absolute atomic E-state index is 0.0712. The summed E-state index contributed by atoms with van der Waals surface area (Å²) in [4.78, 5) is 11.1. The van der Waals surface area contributed by atoms with Crippen LogP contribution in [-0.4, -0.2) is 20.9 Å². The van der Waals surface area contributed by atoms with Crippen molar-refractivity contribution in [3.8, 4) is 17.3 Å². The molecular formula is C21H11ClF4N2O3. The third-order valence-electron chi connectivity index (χ3n) is 4.47. The summed E-state index contributed by atoms with van der Waals surface area (Å²) in [6.07, 6.45) is -2.90. The second-order valence-corrected chi connectivity index (χ2v) is 6.79. The number of fused-ring (bicyclic) bond motifs is 1. The average molecular weight is 451 g/mol. The number of hydrogen-bond donors (Lipinski definition) is 1. The predicted molar refractivity (Wildman–Crippen MR) is 104 cm³/mol. The molecule has 0 radical (unpaired) electrons. The molecule has 0 unspecified atom stereocenters. The molecule has 4 rings (SSSR count). The number of hydrogen-bond acceptors (Lipinski definition) is 3. The number of carboxylic acids is 1. The van der Waals surface area contributed by atoms with Crippen LogP contribution in [0.3, 0.4) is 0 Å². The van der Waals surface area contributed by atoms with E-state index in [0.29, 0.717) is 0 Å². The highest BCUT2D eigenvalue weighted by atomic mass is 35.5. The van der Waals surface area contributed by atoms with Crippen LogP contribution in [0, 0.1) is 11.6 Å². The molecular weight excluding hydrogens is 440 g/mol. The molecule has 31 heavy (non-hydrogen) atoms. The molecule has 0 amide bonds. The van der Waals surface area contributed by atoms with Gasteiger partial charge in [0.25, 0.3) is 6.43 Å². The Morgan fingerprint density at radius 1 is 1.06 bits per heavy atom. The van der Waals surface area contributed by atoms with E-state index in [1.165, 1.54) is 24.3 Å². The molecule has 4 aromatic rings. The van der Waals surface area contributed by atoms with Crippen LogP contribution in [0.25, 0.3) is 16.6 Å². The number of alkyl halides is 2. The van der Waals surface area contributed by atoms with E-state index >= 15 is 0 Å². The largest absolute Gasteiger partial charge is 0.478 e. The molecule has 0 aliphatic carbocycles. The lowest BCUT2D eigenvalue weighted by Gasteiger charge is -2.10. The van der Waals surface area contributed by atoms with Crippen molar-refractivity contribution in [2.45, 2.75) is 6.43 Å². The maximum absolute atomic E-state index is 14.6. The van der Waals surface area contributed by atoms with Gasteiger partial charge in [0.1, 0.15) is 22.8 Å². The summed E-state index contributed by atoms with van der Waals surface area (Å²) >= 11 is 6.02. The molecule has 3 aromatic carbocycles. The zero-order valence-electron chi connectivity index (χ0n) is 15.3. The van der Waals surface area contributed by atoms with Gasteiger partial charge in [-0.25, -0.2) is 27.0 Å². The minimum atomic E-state index is -2.90. The first-order valence-corrected chi connectivity index (χ1v) is 9.10. The summed E-state index contributed by atoms with van der Waals surface area (Å²) in [7, 11) is 0. The van der Waals surface area contributed by atoms with E-state index in [1.807, 2.05) is 0 Å². The van der Waals surface area contributed by atoms with E-state index in [2.05, 4.69) is 5.10 Å². The number of aromatic carboxylic acids is 1. The first kappa shape index (κ1) is 20.7. The van der Waals surface area contributed by atoms with Crippen molar-refractivity contribution in [2.24, 2.45) is 0 Å². The molecule has 0 spiro atoms. The highest BCUT2D eigenvalue weighted by Gasteiger charge is 2.23. The zero-order valence-corrected chi connectivity index (χ0v) is 16.1. The fourth-order valence-electron chi connectivity index (χ4n) is 3.06. The third kappa shape index (κ3) is 3.68. The van der Waals surface area contributed by atoms with Crippen molar-refractivity contribution < 1.29 is 32.2 Å². The summed E-state index contributed by atoms with van der Waals surface area (Å²) in [6, 6.07) is 10.7. The van der Waals surface area contributed by atoms with Gasteiger partial charge in [-0.05, 0) is 42.5 Å². The SMILES string of the molecule is O=C(O)c1ccc(-n2nc(Oc3c(Cl)cccc3C(F)F)c3cccc(F)c32)c(F)c1. The van der Waals surface area contributed by atoms with Crippen LogP contribution in [-0.2, 0) is 0 Å². The van der Waals surface area contributed by atoms with Gasteiger partial charge in [-0.15, -0.1) is 5.10 Å². The highest BCUT2D eigenvalue weighted by Crippen LogP contribution is 2.40. The van der Waals surface area contributed by atoms with Crippen molar-refractivity contribution in [2.75, 3.05) is 0 Å². The second kappa shape index (κ2) is 7.92. The van der Waals surface area contributed by atoms with E-state index < -0.39 is 29.6 Å². The van der Waals surface area contributed by atoms with Crippen molar-refractivity contribution in [3.63, 3.8) is 0 Å². The Labute approximate surface area is 177 Å². The molecule has 158 valence electrons. The standard InChI is InChI=1S/C21H11ClF4N2O3/c22-13-5-1-4-12(19(25)26)18(13)31-20-11-3-2-6-14(23)17(11)28(27-20)16-8-7-10(21(29)30)9-15(16)24/h1-9,19H,(H,29,30). The topological polar surface area (TPSA) is 64.3 Å². The van der Waals surface area contributed by atoms with Gasteiger partial charge in [-0.2, -0.15) is 0 Å². The van der Waals surface area contributed by atoms with Crippen LogP contribution in [0.15, 0.2) is 54.6 Å². The van der Waals surface area contributed by atoms with Crippen LogP contribution >= 0.6 is 11.6 Å². The minimum Gasteiger partial charge on any atom is -0.478 e. The van der Waals surface area contributed by atoms with Crippen LogP contribution in [0.5, 0.6) is 11.6 Å². The Hall–Kier alpha value is -3.59. The van der Waals surface area contributed by atoms with Crippen molar-refractivity contribution >= 4 is 28.5 Å². The summed E-state index contributed by atoms with van der Waals surface area (Å²) in [5.74, 6) is -3.76. The van der Waals surface area contributed by atoms with E-state index in [-0.39, 0.29) is 38.8 Å². The fraction of sp³-hybridized carbons (Fsp3) is 0.0476. The number of nitrogens with zero attached hydrogens (tertiary/aromatic N) is 2. The van der Waals surface area contributed by atoms with Gasteiger partial charge in [0.2, 0.25) is 5.88 Å². The molecule has 0 saturated carbocycles. The molecule has 0 aliphatic heterocycles. The Balaban J connectivity index is 1.91. The molecule has 5 nitrogen and oxygen atoms in total. The smallest absolute Gasteiger partial charge is 0.335 e. The number of para-hydroxylation sites is 2. The monoisotopic (exact) mass is 450 g/mol. The first-order valence-electron chi connectivity index (χ1n) is 8.72. The van der Waals surface area contributed by atoms with Crippen molar-refractivity contribution in [1.82, 2.24) is 9.78 Å². The van der Waals surface area contributed by atoms with Gasteiger partial charge in [-0.1, -0.05) is 23.7 Å². The van der Waals surface area contributed by atoms with E-state index in [0.717, 1.165) is 35.0 Å². The van der Waals surface area contributed by atoms with Crippen LogP contribution in [0.4, 0.5) is 17.6 Å². The molecule has 10 heteroatoms. The zero-order chi connectivity index (χ0) is 22.3. The lowest BCUT2D eigenvalue weighted by Crippen LogP contribution is -2.04. The van der Waals surface area contributed by atoms with E-state index in [4.69, 9.17) is 21.4 Å². The maximum atomic E-state index is 14.6. The van der Waals surface area contributed by atoms with Crippen molar-refractivity contribution in [3.05, 3.63) is 82.4 Å². The fourth-order valence-corrected chi connectivity index (χ4v) is 3.28. The third-order valence-corrected chi connectivity index (χ3v) is 4.77. The highest BCUT2D eigenvalue weighted by molar-refractivity contribution is 6.32. The molecule has 1 N–H and O–H groups in total. The molecule has 0 fully saturated rings. The average Bonchev–Trinajstić information content (AvgIpc) is 3.08. The number of carboxylic acid groups (broad SMARTS) is 1. The Kier molecular flexibility index (Phi) is 5.28.